The summed E-state index contributed by atoms with van der Waals surface area (Å²) in [4.78, 5) is 4.36. The molecule has 2 heterocycles. The Morgan fingerprint density at radius 2 is 2.14 bits per heavy atom. The van der Waals surface area contributed by atoms with Crippen molar-refractivity contribution in [3.05, 3.63) is 23.7 Å². The first-order valence-electron chi connectivity index (χ1n) is 10.1. The van der Waals surface area contributed by atoms with E-state index in [1.54, 1.807) is 19.1 Å². The first kappa shape index (κ1) is 23.7. The highest BCUT2D eigenvalue weighted by atomic mass is 32.2. The van der Waals surface area contributed by atoms with Gasteiger partial charge < -0.3 is 24.9 Å². The lowest BCUT2D eigenvalue weighted by Crippen LogP contribution is -2.43. The van der Waals surface area contributed by atoms with E-state index < -0.39 is 15.6 Å². The number of hydrogen-bond donors (Lipinski definition) is 4. The van der Waals surface area contributed by atoms with Crippen LogP contribution in [-0.4, -0.2) is 64.1 Å². The van der Waals surface area contributed by atoms with Crippen LogP contribution < -0.4 is 15.4 Å². The second-order valence-electron chi connectivity index (χ2n) is 7.46. The molecule has 1 fully saturated rings. The van der Waals surface area contributed by atoms with Crippen LogP contribution in [0.5, 0.6) is 0 Å². The molecule has 29 heavy (non-hydrogen) atoms. The largest absolute Gasteiger partial charge is 0.463 e. The Hall–Kier alpha value is -1.62. The van der Waals surface area contributed by atoms with Crippen LogP contribution >= 0.6 is 0 Å². The number of aliphatic imine (C=N–C) groups is 1. The number of nitrogens with zero attached hydrogens (tertiary/aromatic N) is 1. The Labute approximate surface area is 173 Å². The summed E-state index contributed by atoms with van der Waals surface area (Å²) >= 11 is 0. The number of guanidine groups is 1. The number of ether oxygens (including phenoxy) is 1. The molecule has 0 bridgehead atoms. The Morgan fingerprint density at radius 1 is 1.34 bits per heavy atom. The maximum atomic E-state index is 12.2. The molecule has 1 aliphatic rings. The summed E-state index contributed by atoms with van der Waals surface area (Å²) < 4.78 is 38.0. The van der Waals surface area contributed by atoms with E-state index in [4.69, 9.17) is 9.15 Å². The van der Waals surface area contributed by atoms with E-state index in [0.29, 0.717) is 37.2 Å². The van der Waals surface area contributed by atoms with Gasteiger partial charge in [0.1, 0.15) is 17.1 Å². The van der Waals surface area contributed by atoms with Crippen molar-refractivity contribution in [1.82, 2.24) is 15.4 Å². The van der Waals surface area contributed by atoms with E-state index in [1.165, 1.54) is 0 Å². The smallest absolute Gasteiger partial charge is 0.213 e. The van der Waals surface area contributed by atoms with Crippen molar-refractivity contribution in [2.45, 2.75) is 51.7 Å². The molecular weight excluding hydrogens is 396 g/mol. The maximum absolute atomic E-state index is 12.2. The van der Waals surface area contributed by atoms with Gasteiger partial charge in [-0.2, -0.15) is 0 Å². The van der Waals surface area contributed by atoms with Gasteiger partial charge in [-0.15, -0.1) is 0 Å². The lowest BCUT2D eigenvalue weighted by Gasteiger charge is -2.22. The van der Waals surface area contributed by atoms with Crippen molar-refractivity contribution in [2.24, 2.45) is 4.99 Å². The molecule has 10 heteroatoms. The minimum atomic E-state index is -3.41. The molecule has 0 aliphatic carbocycles. The standard InChI is InChI=1S/C19H34N4O5S/c1-4-20-18(22-14-19(3,24)17-9-8-15(2)28-17)21-10-12-29(25,26)23-13-16-7-5-6-11-27-16/h8-9,16,23-24H,4-7,10-14H2,1-3H3,(H2,20,21,22). The third-order valence-electron chi connectivity index (χ3n) is 4.63. The van der Waals surface area contributed by atoms with Crippen molar-refractivity contribution in [1.29, 1.82) is 0 Å². The molecule has 2 unspecified atom stereocenters. The van der Waals surface area contributed by atoms with Crippen LogP contribution in [-0.2, 0) is 20.4 Å². The van der Waals surface area contributed by atoms with Crippen LogP contribution in [0.4, 0.5) is 0 Å². The molecule has 1 aliphatic heterocycles. The van der Waals surface area contributed by atoms with E-state index in [-0.39, 0.29) is 24.9 Å². The number of furan rings is 1. The van der Waals surface area contributed by atoms with E-state index in [1.807, 2.05) is 13.8 Å². The zero-order valence-corrected chi connectivity index (χ0v) is 18.3. The summed E-state index contributed by atoms with van der Waals surface area (Å²) in [5, 5.41) is 16.6. The zero-order valence-electron chi connectivity index (χ0n) is 17.5. The van der Waals surface area contributed by atoms with E-state index in [2.05, 4.69) is 20.3 Å². The van der Waals surface area contributed by atoms with Gasteiger partial charge in [-0.3, -0.25) is 0 Å². The quantitative estimate of drug-likeness (QED) is 0.320. The molecule has 166 valence electrons. The van der Waals surface area contributed by atoms with Crippen molar-refractivity contribution in [3.63, 3.8) is 0 Å². The van der Waals surface area contributed by atoms with Crippen LogP contribution in [0.2, 0.25) is 0 Å². The van der Waals surface area contributed by atoms with Crippen LogP contribution in [0, 0.1) is 6.92 Å². The highest BCUT2D eigenvalue weighted by molar-refractivity contribution is 7.89. The lowest BCUT2D eigenvalue weighted by atomic mass is 10.0. The minimum Gasteiger partial charge on any atom is -0.463 e. The van der Waals surface area contributed by atoms with Gasteiger partial charge in [0.25, 0.3) is 0 Å². The van der Waals surface area contributed by atoms with Crippen molar-refractivity contribution in [3.8, 4) is 0 Å². The van der Waals surface area contributed by atoms with Gasteiger partial charge in [-0.1, -0.05) is 0 Å². The predicted molar refractivity (Wildman–Crippen MR) is 112 cm³/mol. The second-order valence-corrected chi connectivity index (χ2v) is 9.39. The molecule has 0 saturated carbocycles. The molecule has 1 saturated heterocycles. The fourth-order valence-corrected chi connectivity index (χ4v) is 3.90. The highest BCUT2D eigenvalue weighted by Gasteiger charge is 2.26. The molecular formula is C19H34N4O5S. The molecule has 9 nitrogen and oxygen atoms in total. The average molecular weight is 431 g/mol. The third kappa shape index (κ3) is 8.33. The summed E-state index contributed by atoms with van der Waals surface area (Å²) in [5.74, 6) is 1.50. The molecule has 0 amide bonds. The third-order valence-corrected chi connectivity index (χ3v) is 5.98. The second kappa shape index (κ2) is 11.0. The van der Waals surface area contributed by atoms with Gasteiger partial charge in [0.2, 0.25) is 10.0 Å². The monoisotopic (exact) mass is 430 g/mol. The molecule has 2 rings (SSSR count). The van der Waals surface area contributed by atoms with Gasteiger partial charge in [0.15, 0.2) is 5.96 Å². The maximum Gasteiger partial charge on any atom is 0.213 e. The fourth-order valence-electron chi connectivity index (χ4n) is 2.94. The highest BCUT2D eigenvalue weighted by Crippen LogP contribution is 2.23. The summed E-state index contributed by atoms with van der Waals surface area (Å²) in [6.45, 7) is 7.21. The van der Waals surface area contributed by atoms with Gasteiger partial charge in [0, 0.05) is 26.2 Å². The molecule has 4 N–H and O–H groups in total. The Kier molecular flexibility index (Phi) is 8.94. The molecule has 1 aromatic rings. The summed E-state index contributed by atoms with van der Waals surface area (Å²) in [6, 6.07) is 3.51. The molecule has 0 radical (unpaired) electrons. The number of nitrogens with one attached hydrogen (secondary N) is 3. The molecule has 0 spiro atoms. The predicted octanol–water partition coefficient (Wildman–Crippen LogP) is 0.839. The Balaban J connectivity index is 1.82. The van der Waals surface area contributed by atoms with Crippen molar-refractivity contribution >= 4 is 16.0 Å². The van der Waals surface area contributed by atoms with Gasteiger partial charge >= 0.3 is 0 Å². The number of sulfonamides is 1. The number of aryl methyl sites for hydroxylation is 1. The van der Waals surface area contributed by atoms with Crippen molar-refractivity contribution in [2.75, 3.05) is 38.5 Å². The molecule has 1 aromatic heterocycles. The normalized spacial score (nSPS) is 20.3. The summed E-state index contributed by atoms with van der Waals surface area (Å²) in [5.41, 5.74) is -1.26. The van der Waals surface area contributed by atoms with Gasteiger partial charge in [-0.05, 0) is 52.2 Å². The fraction of sp³-hybridized carbons (Fsp3) is 0.737. The van der Waals surface area contributed by atoms with Crippen LogP contribution in [0.15, 0.2) is 21.5 Å². The number of hydrogen-bond acceptors (Lipinski definition) is 6. The summed E-state index contributed by atoms with van der Waals surface area (Å²) in [6.07, 6.45) is 2.94. The first-order chi connectivity index (χ1) is 13.7. The van der Waals surface area contributed by atoms with E-state index in [0.717, 1.165) is 19.3 Å². The van der Waals surface area contributed by atoms with Gasteiger partial charge in [0.05, 0.1) is 18.4 Å². The molecule has 0 aromatic carbocycles. The van der Waals surface area contributed by atoms with E-state index >= 15 is 0 Å². The number of aliphatic hydroxyl groups is 1. The lowest BCUT2D eigenvalue weighted by molar-refractivity contribution is 0.0200. The molecule has 2 atom stereocenters. The minimum absolute atomic E-state index is 0.0437. The average Bonchev–Trinajstić information content (AvgIpc) is 3.13. The zero-order chi connectivity index (χ0) is 21.3. The first-order valence-corrected chi connectivity index (χ1v) is 11.8. The Bertz CT molecular complexity index is 754. The van der Waals surface area contributed by atoms with Crippen LogP contribution in [0.1, 0.15) is 44.6 Å². The van der Waals surface area contributed by atoms with Crippen molar-refractivity contribution < 1.29 is 22.7 Å². The van der Waals surface area contributed by atoms with Gasteiger partial charge in [-0.25, -0.2) is 18.1 Å². The van der Waals surface area contributed by atoms with Crippen LogP contribution in [0.3, 0.4) is 0 Å². The summed E-state index contributed by atoms with van der Waals surface area (Å²) in [7, 11) is -3.41. The van der Waals surface area contributed by atoms with E-state index in [9.17, 15) is 13.5 Å². The Morgan fingerprint density at radius 3 is 2.76 bits per heavy atom. The SMILES string of the molecule is CCNC(=NCC(C)(O)c1ccc(C)o1)NCCS(=O)(=O)NCC1CCCCO1. The topological polar surface area (TPSA) is 125 Å². The number of rotatable bonds is 10. The van der Waals surface area contributed by atoms with Crippen LogP contribution in [0.25, 0.3) is 0 Å².